The monoisotopic (exact) mass is 461 g/mol. The predicted octanol–water partition coefficient (Wildman–Crippen LogP) is 5.07. The van der Waals surface area contributed by atoms with Crippen molar-refractivity contribution in [3.05, 3.63) is 41.6 Å². The average Bonchev–Trinajstić information content (AvgIpc) is 2.78. The van der Waals surface area contributed by atoms with Crippen molar-refractivity contribution in [1.82, 2.24) is 9.97 Å². The van der Waals surface area contributed by atoms with E-state index in [1.807, 2.05) is 0 Å². The molecule has 0 aliphatic heterocycles. The Morgan fingerprint density at radius 1 is 1.15 bits per heavy atom. The van der Waals surface area contributed by atoms with Crippen LogP contribution in [0.3, 0.4) is 0 Å². The van der Waals surface area contributed by atoms with E-state index in [4.69, 9.17) is 5.73 Å². The van der Waals surface area contributed by atoms with Gasteiger partial charge < -0.3 is 21.1 Å². The summed E-state index contributed by atoms with van der Waals surface area (Å²) in [5.74, 6) is 7.40. The fraction of sp³-hybridized carbons (Fsp3) is 0.500. The molecule has 0 atom stereocenters. The van der Waals surface area contributed by atoms with Crippen LogP contribution in [0.1, 0.15) is 56.6 Å². The van der Waals surface area contributed by atoms with Gasteiger partial charge in [0, 0.05) is 31.1 Å². The molecule has 1 saturated carbocycles. The summed E-state index contributed by atoms with van der Waals surface area (Å²) in [4.78, 5) is 8.84. The lowest BCUT2D eigenvalue weighted by Crippen LogP contribution is -2.29. The summed E-state index contributed by atoms with van der Waals surface area (Å²) in [5, 5.41) is 6.39. The lowest BCUT2D eigenvalue weighted by molar-refractivity contribution is -0.274. The molecule has 2 aromatic rings. The minimum absolute atomic E-state index is 0.0765. The second kappa shape index (κ2) is 11.8. The van der Waals surface area contributed by atoms with Crippen molar-refractivity contribution in [3.8, 4) is 17.6 Å². The maximum atomic E-state index is 12.7. The first-order chi connectivity index (χ1) is 15.8. The number of ether oxygens (including phenoxy) is 1. The number of hydrogen-bond acceptors (Lipinski definition) is 6. The zero-order valence-corrected chi connectivity index (χ0v) is 18.7. The Bertz CT molecular complexity index is 963. The summed E-state index contributed by atoms with van der Waals surface area (Å²) in [6.45, 7) is 2.90. The molecule has 4 N–H and O–H groups in total. The van der Waals surface area contributed by atoms with Crippen LogP contribution in [0.4, 0.5) is 24.9 Å². The number of nitrogens with two attached hydrogens (primary N) is 1. The van der Waals surface area contributed by atoms with Gasteiger partial charge >= 0.3 is 6.36 Å². The van der Waals surface area contributed by atoms with Crippen LogP contribution >= 0.6 is 0 Å². The van der Waals surface area contributed by atoms with Crippen molar-refractivity contribution in [3.63, 3.8) is 0 Å². The maximum absolute atomic E-state index is 12.7. The molecule has 9 heteroatoms. The molecular formula is C24H30F3N5O. The molecule has 0 saturated heterocycles. The highest BCUT2D eigenvalue weighted by Gasteiger charge is 2.32. The number of rotatable bonds is 8. The predicted molar refractivity (Wildman–Crippen MR) is 123 cm³/mol. The van der Waals surface area contributed by atoms with Crippen LogP contribution in [0.2, 0.25) is 0 Å². The number of nitrogens with zero attached hydrogens (tertiary/aromatic N) is 2. The van der Waals surface area contributed by atoms with Crippen molar-refractivity contribution >= 4 is 11.8 Å². The second-order valence-corrected chi connectivity index (χ2v) is 8.18. The van der Waals surface area contributed by atoms with E-state index in [0.717, 1.165) is 45.1 Å². The van der Waals surface area contributed by atoms with Gasteiger partial charge in [0.05, 0.1) is 11.8 Å². The second-order valence-electron chi connectivity index (χ2n) is 8.18. The molecule has 178 valence electrons. The number of para-hydroxylation sites is 1. The Labute approximate surface area is 192 Å². The molecule has 1 aliphatic carbocycles. The van der Waals surface area contributed by atoms with Crippen LogP contribution in [0.15, 0.2) is 30.5 Å². The van der Waals surface area contributed by atoms with Crippen LogP contribution in [-0.4, -0.2) is 28.9 Å². The fourth-order valence-electron chi connectivity index (χ4n) is 3.66. The highest BCUT2D eigenvalue weighted by atomic mass is 19.4. The van der Waals surface area contributed by atoms with Crippen LogP contribution < -0.4 is 21.1 Å². The number of nitrogens with one attached hydrogen (secondary N) is 2. The van der Waals surface area contributed by atoms with Crippen molar-refractivity contribution in [2.75, 3.05) is 17.2 Å². The van der Waals surface area contributed by atoms with Gasteiger partial charge in [0.2, 0.25) is 5.95 Å². The summed E-state index contributed by atoms with van der Waals surface area (Å²) >= 11 is 0. The largest absolute Gasteiger partial charge is 0.573 e. The molecule has 1 aromatic heterocycles. The van der Waals surface area contributed by atoms with Crippen LogP contribution in [0.25, 0.3) is 0 Å². The normalized spacial score (nSPS) is 18.2. The van der Waals surface area contributed by atoms with Crippen LogP contribution in [0.5, 0.6) is 5.75 Å². The number of anilines is 2. The lowest BCUT2D eigenvalue weighted by atomic mass is 9.86. The van der Waals surface area contributed by atoms with Crippen molar-refractivity contribution in [2.45, 2.75) is 64.4 Å². The SMILES string of the molecule is CCCC#Cc1cnc(NCc2ccccc2OC(F)(F)F)nc1NCC1CCC(N)CC1. The molecule has 0 radical (unpaired) electrons. The standard InChI is InChI=1S/C24H30F3N5O/c1-2-3-4-8-19-16-31-23(32-22(19)29-14-17-10-12-20(28)13-11-17)30-15-18-7-5-6-9-21(18)33-24(25,26)27/h5-7,9,16-17,20H,2-3,10-15,28H2,1H3,(H2,29,30,31,32). The van der Waals surface area contributed by atoms with Crippen LogP contribution in [-0.2, 0) is 6.54 Å². The summed E-state index contributed by atoms with van der Waals surface area (Å²) in [7, 11) is 0. The molecule has 0 amide bonds. The maximum Gasteiger partial charge on any atom is 0.573 e. The third-order valence-corrected chi connectivity index (χ3v) is 5.47. The summed E-state index contributed by atoms with van der Waals surface area (Å²) < 4.78 is 42.1. The third-order valence-electron chi connectivity index (χ3n) is 5.47. The molecule has 1 aromatic carbocycles. The topological polar surface area (TPSA) is 85.1 Å². The number of alkyl halides is 3. The molecule has 1 fully saturated rings. The molecule has 0 unspecified atom stereocenters. The third kappa shape index (κ3) is 8.13. The Kier molecular flexibility index (Phi) is 8.78. The first-order valence-corrected chi connectivity index (χ1v) is 11.3. The van der Waals surface area contributed by atoms with E-state index in [2.05, 4.69) is 44.1 Å². The van der Waals surface area contributed by atoms with Gasteiger partial charge in [-0.05, 0) is 44.1 Å². The number of aromatic nitrogens is 2. The van der Waals surface area contributed by atoms with Crippen molar-refractivity contribution in [1.29, 1.82) is 0 Å². The molecular weight excluding hydrogens is 431 g/mol. The first-order valence-electron chi connectivity index (χ1n) is 11.3. The minimum Gasteiger partial charge on any atom is -0.405 e. The van der Waals surface area contributed by atoms with E-state index in [0.29, 0.717) is 28.8 Å². The Morgan fingerprint density at radius 2 is 1.91 bits per heavy atom. The quantitative estimate of drug-likeness (QED) is 0.476. The summed E-state index contributed by atoms with van der Waals surface area (Å²) in [5.41, 5.74) is 7.05. The van der Waals surface area contributed by atoms with Gasteiger partial charge in [-0.2, -0.15) is 4.98 Å². The number of halogens is 3. The van der Waals surface area contributed by atoms with Gasteiger partial charge in [-0.15, -0.1) is 13.2 Å². The highest BCUT2D eigenvalue weighted by molar-refractivity contribution is 5.55. The summed E-state index contributed by atoms with van der Waals surface area (Å²) in [6, 6.07) is 6.27. The molecule has 6 nitrogen and oxygen atoms in total. The van der Waals surface area contributed by atoms with Gasteiger partial charge in [-0.1, -0.05) is 37.0 Å². The molecule has 0 bridgehead atoms. The zero-order valence-electron chi connectivity index (χ0n) is 18.7. The van der Waals surface area contributed by atoms with Gasteiger partial charge in [0.1, 0.15) is 11.6 Å². The number of unbranched alkanes of at least 4 members (excludes halogenated alkanes) is 1. The lowest BCUT2D eigenvalue weighted by Gasteiger charge is -2.26. The minimum atomic E-state index is -4.76. The molecule has 3 rings (SSSR count). The van der Waals surface area contributed by atoms with Crippen LogP contribution in [0, 0.1) is 17.8 Å². The van der Waals surface area contributed by atoms with Gasteiger partial charge in [0.25, 0.3) is 0 Å². The molecule has 33 heavy (non-hydrogen) atoms. The molecule has 1 aliphatic rings. The zero-order chi connectivity index (χ0) is 23.7. The van der Waals surface area contributed by atoms with E-state index in [-0.39, 0.29) is 18.3 Å². The Morgan fingerprint density at radius 3 is 2.64 bits per heavy atom. The highest BCUT2D eigenvalue weighted by Crippen LogP contribution is 2.27. The van der Waals surface area contributed by atoms with E-state index < -0.39 is 6.36 Å². The van der Waals surface area contributed by atoms with Gasteiger partial charge in [-0.3, -0.25) is 0 Å². The van der Waals surface area contributed by atoms with Gasteiger partial charge in [-0.25, -0.2) is 4.98 Å². The molecule has 0 spiro atoms. The number of hydrogen-bond donors (Lipinski definition) is 3. The van der Waals surface area contributed by atoms with E-state index >= 15 is 0 Å². The smallest absolute Gasteiger partial charge is 0.405 e. The van der Waals surface area contributed by atoms with E-state index in [1.54, 1.807) is 18.3 Å². The molecule has 1 heterocycles. The van der Waals surface area contributed by atoms with Crippen molar-refractivity contribution in [2.24, 2.45) is 11.7 Å². The first kappa shape index (κ1) is 24.6. The Hall–Kier alpha value is -2.99. The number of benzene rings is 1. The van der Waals surface area contributed by atoms with E-state index in [9.17, 15) is 13.2 Å². The Balaban J connectivity index is 1.71. The van der Waals surface area contributed by atoms with E-state index in [1.165, 1.54) is 12.1 Å². The summed E-state index contributed by atoms with van der Waals surface area (Å²) in [6.07, 6.45) is 2.78. The van der Waals surface area contributed by atoms with Crippen molar-refractivity contribution < 1.29 is 17.9 Å². The average molecular weight is 462 g/mol. The fourth-order valence-corrected chi connectivity index (χ4v) is 3.66. The van der Waals surface area contributed by atoms with Gasteiger partial charge in [0.15, 0.2) is 0 Å².